The molecule has 1 aliphatic rings. The Labute approximate surface area is 132 Å². The number of halogens is 3. The Bertz CT molecular complexity index is 601. The second-order valence-electron chi connectivity index (χ2n) is 5.67. The van der Waals surface area contributed by atoms with Crippen LogP contribution in [0.3, 0.4) is 0 Å². The molecule has 1 aliphatic carbocycles. The molecule has 0 heterocycles. The van der Waals surface area contributed by atoms with E-state index in [1.807, 2.05) is 0 Å². The lowest BCUT2D eigenvalue weighted by atomic mass is 9.76. The van der Waals surface area contributed by atoms with Crippen molar-refractivity contribution in [2.75, 3.05) is 13.7 Å². The van der Waals surface area contributed by atoms with Gasteiger partial charge in [-0.05, 0) is 37.0 Å². The van der Waals surface area contributed by atoms with E-state index in [2.05, 4.69) is 10.8 Å². The lowest BCUT2D eigenvalue weighted by molar-refractivity contribution is -0.176. The van der Waals surface area contributed by atoms with Gasteiger partial charge >= 0.3 is 6.18 Å². The number of amides is 1. The fraction of sp³-hybridized carbons (Fsp3) is 0.500. The molecule has 2 rings (SSSR count). The van der Waals surface area contributed by atoms with Gasteiger partial charge < -0.3 is 9.64 Å². The second kappa shape index (κ2) is 6.59. The number of carbonyl (C=O) groups is 1. The Morgan fingerprint density at radius 3 is 2.39 bits per heavy atom. The molecule has 0 N–H and O–H groups in total. The molecule has 0 unspecified atom stereocenters. The molecule has 1 aromatic carbocycles. The average Bonchev–Trinajstić information content (AvgIpc) is 2.45. The molecule has 23 heavy (non-hydrogen) atoms. The summed E-state index contributed by atoms with van der Waals surface area (Å²) >= 11 is 0. The van der Waals surface area contributed by atoms with E-state index in [9.17, 15) is 23.2 Å². The zero-order valence-corrected chi connectivity index (χ0v) is 12.7. The third kappa shape index (κ3) is 4.02. The summed E-state index contributed by atoms with van der Waals surface area (Å²) in [6.45, 7) is -1.48. The first-order chi connectivity index (χ1) is 10.8. The number of benzene rings is 1. The van der Waals surface area contributed by atoms with Gasteiger partial charge in [-0.1, -0.05) is 12.1 Å². The fourth-order valence-electron chi connectivity index (χ4n) is 2.45. The third-order valence-electron chi connectivity index (χ3n) is 4.07. The molecule has 1 fully saturated rings. The van der Waals surface area contributed by atoms with Crippen molar-refractivity contribution in [3.05, 3.63) is 35.4 Å². The standard InChI is InChI=1S/C16H17F3N2O2/c1-21(15(10-20)7-2-8-15)14(22)13-5-3-12(4-6-13)9-23-11-16(17,18)19/h3-6H,2,7-9,11H2,1H3. The van der Waals surface area contributed by atoms with Crippen molar-refractivity contribution in [1.29, 1.82) is 5.26 Å². The summed E-state index contributed by atoms with van der Waals surface area (Å²) in [4.78, 5) is 13.8. The van der Waals surface area contributed by atoms with Crippen LogP contribution in [0.2, 0.25) is 0 Å². The first-order valence-corrected chi connectivity index (χ1v) is 7.20. The number of nitrogens with zero attached hydrogens (tertiary/aromatic N) is 2. The predicted molar refractivity (Wildman–Crippen MR) is 76.4 cm³/mol. The van der Waals surface area contributed by atoms with E-state index in [-0.39, 0.29) is 12.5 Å². The lowest BCUT2D eigenvalue weighted by Gasteiger charge is -2.42. The first-order valence-electron chi connectivity index (χ1n) is 7.20. The molecule has 1 amide bonds. The van der Waals surface area contributed by atoms with Crippen LogP contribution in [-0.4, -0.2) is 36.2 Å². The van der Waals surface area contributed by atoms with Crippen LogP contribution in [0.4, 0.5) is 13.2 Å². The third-order valence-corrected chi connectivity index (χ3v) is 4.07. The summed E-state index contributed by atoms with van der Waals surface area (Å²) in [6, 6.07) is 8.38. The normalized spacial score (nSPS) is 16.3. The largest absolute Gasteiger partial charge is 0.411 e. The van der Waals surface area contributed by atoms with Crippen LogP contribution in [0.5, 0.6) is 0 Å². The molecule has 0 spiro atoms. The highest BCUT2D eigenvalue weighted by Crippen LogP contribution is 2.36. The van der Waals surface area contributed by atoms with Crippen molar-refractivity contribution in [3.63, 3.8) is 0 Å². The highest BCUT2D eigenvalue weighted by atomic mass is 19.4. The predicted octanol–water partition coefficient (Wildman–Crippen LogP) is 3.28. The van der Waals surface area contributed by atoms with E-state index < -0.39 is 18.3 Å². The van der Waals surface area contributed by atoms with Gasteiger partial charge in [-0.15, -0.1) is 0 Å². The summed E-state index contributed by atoms with van der Waals surface area (Å²) in [5, 5.41) is 9.26. The monoisotopic (exact) mass is 326 g/mol. The molecule has 1 saturated carbocycles. The molecular formula is C16H17F3N2O2. The fourth-order valence-corrected chi connectivity index (χ4v) is 2.45. The zero-order valence-electron chi connectivity index (χ0n) is 12.7. The van der Waals surface area contributed by atoms with Crippen LogP contribution in [0.25, 0.3) is 0 Å². The quantitative estimate of drug-likeness (QED) is 0.834. The molecule has 0 atom stereocenters. The maximum atomic E-state index is 12.4. The van der Waals surface area contributed by atoms with Crippen molar-refractivity contribution < 1.29 is 22.7 Å². The lowest BCUT2D eigenvalue weighted by Crippen LogP contribution is -2.53. The summed E-state index contributed by atoms with van der Waals surface area (Å²) in [6.07, 6.45) is -2.11. The molecule has 0 bridgehead atoms. The number of ether oxygens (including phenoxy) is 1. The molecule has 0 aromatic heterocycles. The highest BCUT2D eigenvalue weighted by molar-refractivity contribution is 5.95. The van der Waals surface area contributed by atoms with Crippen LogP contribution in [0, 0.1) is 11.3 Å². The number of alkyl halides is 3. The SMILES string of the molecule is CN(C(=O)c1ccc(COCC(F)(F)F)cc1)C1(C#N)CCC1. The van der Waals surface area contributed by atoms with Gasteiger partial charge in [-0.3, -0.25) is 4.79 Å². The van der Waals surface area contributed by atoms with E-state index in [1.165, 1.54) is 17.0 Å². The van der Waals surface area contributed by atoms with Gasteiger partial charge in [-0.25, -0.2) is 0 Å². The minimum atomic E-state index is -4.35. The second-order valence-corrected chi connectivity index (χ2v) is 5.67. The zero-order chi connectivity index (χ0) is 17.1. The van der Waals surface area contributed by atoms with Crippen LogP contribution in [0.15, 0.2) is 24.3 Å². The number of hydrogen-bond acceptors (Lipinski definition) is 3. The van der Waals surface area contributed by atoms with Gasteiger partial charge in [0.1, 0.15) is 12.1 Å². The maximum absolute atomic E-state index is 12.4. The Morgan fingerprint density at radius 2 is 1.96 bits per heavy atom. The first kappa shape index (κ1) is 17.3. The van der Waals surface area contributed by atoms with E-state index in [0.29, 0.717) is 24.0 Å². The van der Waals surface area contributed by atoms with E-state index in [0.717, 1.165) is 6.42 Å². The van der Waals surface area contributed by atoms with Crippen LogP contribution in [-0.2, 0) is 11.3 Å². The summed E-state index contributed by atoms with van der Waals surface area (Å²) in [5.41, 5.74) is 0.215. The van der Waals surface area contributed by atoms with Crippen LogP contribution >= 0.6 is 0 Å². The van der Waals surface area contributed by atoms with E-state index in [4.69, 9.17) is 0 Å². The maximum Gasteiger partial charge on any atom is 0.411 e. The molecule has 1 aromatic rings. The molecular weight excluding hydrogens is 309 g/mol. The van der Waals surface area contributed by atoms with Crippen molar-refractivity contribution in [2.24, 2.45) is 0 Å². The molecule has 0 saturated heterocycles. The molecule has 4 nitrogen and oxygen atoms in total. The van der Waals surface area contributed by atoms with E-state index in [1.54, 1.807) is 19.2 Å². The Hall–Kier alpha value is -2.07. The van der Waals surface area contributed by atoms with Crippen molar-refractivity contribution >= 4 is 5.91 Å². The number of rotatable bonds is 5. The highest BCUT2D eigenvalue weighted by Gasteiger charge is 2.43. The van der Waals surface area contributed by atoms with Gasteiger partial charge in [0, 0.05) is 12.6 Å². The Kier molecular flexibility index (Phi) is 4.95. The van der Waals surface area contributed by atoms with Crippen molar-refractivity contribution in [1.82, 2.24) is 4.90 Å². The van der Waals surface area contributed by atoms with Crippen molar-refractivity contribution in [2.45, 2.75) is 37.6 Å². The molecule has 0 aliphatic heterocycles. The summed E-state index contributed by atoms with van der Waals surface area (Å²) in [7, 11) is 1.60. The number of hydrogen-bond donors (Lipinski definition) is 0. The summed E-state index contributed by atoms with van der Waals surface area (Å²) < 4.78 is 40.6. The van der Waals surface area contributed by atoms with Crippen molar-refractivity contribution in [3.8, 4) is 6.07 Å². The molecule has 7 heteroatoms. The van der Waals surface area contributed by atoms with Gasteiger partial charge in [0.25, 0.3) is 5.91 Å². The van der Waals surface area contributed by atoms with Crippen LogP contribution in [0.1, 0.15) is 35.2 Å². The van der Waals surface area contributed by atoms with Gasteiger partial charge in [0.2, 0.25) is 0 Å². The van der Waals surface area contributed by atoms with Gasteiger partial charge in [-0.2, -0.15) is 18.4 Å². The Balaban J connectivity index is 1.96. The average molecular weight is 326 g/mol. The van der Waals surface area contributed by atoms with Gasteiger partial charge in [0.15, 0.2) is 0 Å². The van der Waals surface area contributed by atoms with E-state index >= 15 is 0 Å². The molecule has 0 radical (unpaired) electrons. The summed E-state index contributed by atoms with van der Waals surface area (Å²) in [5.74, 6) is -0.269. The topological polar surface area (TPSA) is 53.3 Å². The minimum Gasteiger partial charge on any atom is -0.367 e. The number of carbonyl (C=O) groups excluding carboxylic acids is 1. The smallest absolute Gasteiger partial charge is 0.367 e. The Morgan fingerprint density at radius 1 is 1.35 bits per heavy atom. The number of nitriles is 1. The minimum absolute atomic E-state index is 0.175. The van der Waals surface area contributed by atoms with Crippen LogP contribution < -0.4 is 0 Å². The molecule has 124 valence electrons. The van der Waals surface area contributed by atoms with Gasteiger partial charge in [0.05, 0.1) is 12.7 Å².